The van der Waals surface area contributed by atoms with Crippen LogP contribution in [0.3, 0.4) is 0 Å². The third-order valence-corrected chi connectivity index (χ3v) is 7.48. The Bertz CT molecular complexity index is 1250. The lowest BCUT2D eigenvalue weighted by atomic mass is 10.1. The predicted octanol–water partition coefficient (Wildman–Crippen LogP) is 3.74. The van der Waals surface area contributed by atoms with Crippen LogP contribution in [0.2, 0.25) is 0 Å². The smallest absolute Gasteiger partial charge is 0.264 e. The number of nitrogens with zero attached hydrogens (tertiary/aromatic N) is 2. The van der Waals surface area contributed by atoms with Gasteiger partial charge in [-0.3, -0.25) is 13.9 Å². The zero-order valence-electron chi connectivity index (χ0n) is 20.2. The summed E-state index contributed by atoms with van der Waals surface area (Å²) >= 11 is 0. The lowest BCUT2D eigenvalue weighted by Gasteiger charge is -2.32. The Morgan fingerprint density at radius 1 is 0.886 bits per heavy atom. The van der Waals surface area contributed by atoms with Crippen LogP contribution in [-0.2, 0) is 26.2 Å². The van der Waals surface area contributed by atoms with Crippen molar-refractivity contribution in [2.24, 2.45) is 0 Å². The van der Waals surface area contributed by atoms with Gasteiger partial charge >= 0.3 is 0 Å². The molecule has 0 spiro atoms. The lowest BCUT2D eigenvalue weighted by Crippen LogP contribution is -2.51. The van der Waals surface area contributed by atoms with Crippen molar-refractivity contribution in [1.82, 2.24) is 10.2 Å². The van der Waals surface area contributed by atoms with Crippen molar-refractivity contribution in [3.05, 3.63) is 96.1 Å². The molecular weight excluding hydrogens is 462 g/mol. The summed E-state index contributed by atoms with van der Waals surface area (Å²) in [6, 6.07) is 23.6. The average molecular weight is 494 g/mol. The zero-order valence-corrected chi connectivity index (χ0v) is 21.0. The molecule has 0 fully saturated rings. The normalized spacial score (nSPS) is 12.0. The molecule has 0 radical (unpaired) electrons. The maximum absolute atomic E-state index is 13.7. The van der Waals surface area contributed by atoms with E-state index in [2.05, 4.69) is 5.32 Å². The quantitative estimate of drug-likeness (QED) is 0.466. The monoisotopic (exact) mass is 493 g/mol. The SMILES string of the molecule is CCNC(=O)[C@@H](C)N(Cc1ccccc1)C(=O)CN(c1ccccc1C)S(=O)(=O)c1ccccc1. The highest BCUT2D eigenvalue weighted by molar-refractivity contribution is 7.92. The highest BCUT2D eigenvalue weighted by atomic mass is 32.2. The fraction of sp³-hybridized carbons (Fsp3) is 0.259. The van der Waals surface area contributed by atoms with Crippen LogP contribution in [0.4, 0.5) is 5.69 Å². The van der Waals surface area contributed by atoms with Gasteiger partial charge in [0, 0.05) is 13.1 Å². The van der Waals surface area contributed by atoms with E-state index in [1.807, 2.05) is 36.4 Å². The molecule has 1 N–H and O–H groups in total. The van der Waals surface area contributed by atoms with E-state index in [1.165, 1.54) is 17.0 Å². The van der Waals surface area contributed by atoms with Crippen LogP contribution in [0.15, 0.2) is 89.8 Å². The molecule has 35 heavy (non-hydrogen) atoms. The minimum atomic E-state index is -4.05. The summed E-state index contributed by atoms with van der Waals surface area (Å²) in [4.78, 5) is 27.9. The molecule has 0 heterocycles. The summed E-state index contributed by atoms with van der Waals surface area (Å²) in [5, 5.41) is 2.75. The predicted molar refractivity (Wildman–Crippen MR) is 137 cm³/mol. The number of hydrogen-bond donors (Lipinski definition) is 1. The molecule has 184 valence electrons. The van der Waals surface area contributed by atoms with Gasteiger partial charge in [-0.25, -0.2) is 8.42 Å². The molecular formula is C27H31N3O4S. The molecule has 0 aromatic heterocycles. The Balaban J connectivity index is 2.02. The number of rotatable bonds is 10. The van der Waals surface area contributed by atoms with Gasteiger partial charge in [0.05, 0.1) is 10.6 Å². The second-order valence-corrected chi connectivity index (χ2v) is 10.1. The molecule has 2 amide bonds. The van der Waals surface area contributed by atoms with Gasteiger partial charge in [-0.2, -0.15) is 0 Å². The van der Waals surface area contributed by atoms with Gasteiger partial charge in [0.25, 0.3) is 10.0 Å². The second-order valence-electron chi connectivity index (χ2n) is 8.19. The number of anilines is 1. The first-order valence-electron chi connectivity index (χ1n) is 11.5. The van der Waals surface area contributed by atoms with E-state index in [0.717, 1.165) is 9.87 Å². The number of carbonyl (C=O) groups excluding carboxylic acids is 2. The molecule has 0 aliphatic carbocycles. The van der Waals surface area contributed by atoms with Crippen LogP contribution in [0, 0.1) is 6.92 Å². The maximum atomic E-state index is 13.7. The Kier molecular flexibility index (Phi) is 8.65. The number of nitrogens with one attached hydrogen (secondary N) is 1. The van der Waals surface area contributed by atoms with Crippen molar-refractivity contribution in [2.75, 3.05) is 17.4 Å². The van der Waals surface area contributed by atoms with Crippen LogP contribution in [0.5, 0.6) is 0 Å². The Morgan fingerprint density at radius 2 is 1.46 bits per heavy atom. The number of aryl methyl sites for hydroxylation is 1. The van der Waals surface area contributed by atoms with E-state index in [0.29, 0.717) is 17.8 Å². The van der Waals surface area contributed by atoms with Crippen LogP contribution >= 0.6 is 0 Å². The number of para-hydroxylation sites is 1. The van der Waals surface area contributed by atoms with Gasteiger partial charge in [-0.1, -0.05) is 66.7 Å². The molecule has 0 saturated heterocycles. The van der Waals surface area contributed by atoms with Crippen molar-refractivity contribution in [3.8, 4) is 0 Å². The summed E-state index contributed by atoms with van der Waals surface area (Å²) in [6.07, 6.45) is 0. The van der Waals surface area contributed by atoms with Crippen molar-refractivity contribution in [3.63, 3.8) is 0 Å². The summed E-state index contributed by atoms with van der Waals surface area (Å²) in [5.41, 5.74) is 1.96. The van der Waals surface area contributed by atoms with Crippen LogP contribution in [0.25, 0.3) is 0 Å². The Labute approximate surface area is 207 Å². The van der Waals surface area contributed by atoms with Gasteiger partial charge in [-0.05, 0) is 50.1 Å². The lowest BCUT2D eigenvalue weighted by molar-refractivity contribution is -0.139. The van der Waals surface area contributed by atoms with Gasteiger partial charge in [0.15, 0.2) is 0 Å². The largest absolute Gasteiger partial charge is 0.355 e. The van der Waals surface area contributed by atoms with Gasteiger partial charge in [-0.15, -0.1) is 0 Å². The molecule has 0 saturated carbocycles. The minimum Gasteiger partial charge on any atom is -0.355 e. The number of amides is 2. The van der Waals surface area contributed by atoms with Gasteiger partial charge in [0.2, 0.25) is 11.8 Å². The first-order chi connectivity index (χ1) is 16.8. The fourth-order valence-corrected chi connectivity index (χ4v) is 5.26. The van der Waals surface area contributed by atoms with E-state index in [-0.39, 0.29) is 17.3 Å². The van der Waals surface area contributed by atoms with Crippen molar-refractivity contribution < 1.29 is 18.0 Å². The number of carbonyl (C=O) groups is 2. The summed E-state index contributed by atoms with van der Waals surface area (Å²) in [5.74, 6) is -0.777. The highest BCUT2D eigenvalue weighted by Crippen LogP contribution is 2.27. The maximum Gasteiger partial charge on any atom is 0.264 e. The van der Waals surface area contributed by atoms with Crippen LogP contribution in [0.1, 0.15) is 25.0 Å². The van der Waals surface area contributed by atoms with E-state index in [4.69, 9.17) is 0 Å². The van der Waals surface area contributed by atoms with Gasteiger partial charge in [0.1, 0.15) is 12.6 Å². The summed E-state index contributed by atoms with van der Waals surface area (Å²) in [7, 11) is -4.05. The summed E-state index contributed by atoms with van der Waals surface area (Å²) in [6.45, 7) is 5.40. The molecule has 3 rings (SSSR count). The zero-order chi connectivity index (χ0) is 25.4. The average Bonchev–Trinajstić information content (AvgIpc) is 2.87. The molecule has 3 aromatic carbocycles. The van der Waals surface area contributed by atoms with Crippen molar-refractivity contribution >= 4 is 27.5 Å². The number of sulfonamides is 1. The third-order valence-electron chi connectivity index (χ3n) is 5.71. The number of hydrogen-bond acceptors (Lipinski definition) is 4. The third kappa shape index (κ3) is 6.27. The molecule has 8 heteroatoms. The summed E-state index contributed by atoms with van der Waals surface area (Å²) < 4.78 is 28.5. The fourth-order valence-electron chi connectivity index (χ4n) is 3.76. The van der Waals surface area contributed by atoms with Crippen molar-refractivity contribution in [2.45, 2.75) is 38.3 Å². The number of likely N-dealkylation sites (N-methyl/N-ethyl adjacent to an activating group) is 1. The Hall–Kier alpha value is -3.65. The topological polar surface area (TPSA) is 86.8 Å². The van der Waals surface area contributed by atoms with Gasteiger partial charge < -0.3 is 10.2 Å². The first kappa shape index (κ1) is 26.0. The molecule has 0 aliphatic rings. The Morgan fingerprint density at radius 3 is 2.06 bits per heavy atom. The van der Waals surface area contributed by atoms with Crippen LogP contribution < -0.4 is 9.62 Å². The molecule has 3 aromatic rings. The standard InChI is InChI=1S/C27H31N3O4S/c1-4-28-27(32)22(3)29(19-23-14-7-5-8-15-23)26(31)20-30(25-18-12-11-13-21(25)2)35(33,34)24-16-9-6-10-17-24/h5-18,22H,4,19-20H2,1-3H3,(H,28,32)/t22-/m1/s1. The second kappa shape index (κ2) is 11.7. The minimum absolute atomic E-state index is 0.0856. The molecule has 0 aliphatic heterocycles. The first-order valence-corrected chi connectivity index (χ1v) is 12.9. The van der Waals surface area contributed by atoms with Crippen molar-refractivity contribution in [1.29, 1.82) is 0 Å². The van der Waals surface area contributed by atoms with E-state index in [1.54, 1.807) is 57.2 Å². The van der Waals surface area contributed by atoms with E-state index in [9.17, 15) is 18.0 Å². The molecule has 0 bridgehead atoms. The molecule has 1 atom stereocenters. The molecule has 7 nitrogen and oxygen atoms in total. The number of benzene rings is 3. The molecule has 0 unspecified atom stereocenters. The highest BCUT2D eigenvalue weighted by Gasteiger charge is 2.32. The van der Waals surface area contributed by atoms with Crippen LogP contribution in [-0.4, -0.2) is 44.3 Å². The van der Waals surface area contributed by atoms with E-state index >= 15 is 0 Å². The van der Waals surface area contributed by atoms with E-state index < -0.39 is 28.5 Å².